The fourth-order valence-corrected chi connectivity index (χ4v) is 3.27. The van der Waals surface area contributed by atoms with Crippen molar-refractivity contribution < 1.29 is 5.11 Å². The zero-order valence-corrected chi connectivity index (χ0v) is 14.1. The Morgan fingerprint density at radius 1 is 1.19 bits per heavy atom. The number of hydrogen-bond acceptors (Lipinski definition) is 7. The highest BCUT2D eigenvalue weighted by atomic mass is 32.1. The van der Waals surface area contributed by atoms with Crippen LogP contribution in [0.3, 0.4) is 0 Å². The van der Waals surface area contributed by atoms with E-state index in [-0.39, 0.29) is 0 Å². The van der Waals surface area contributed by atoms with E-state index in [0.717, 1.165) is 62.4 Å². The highest BCUT2D eigenvalue weighted by Gasteiger charge is 2.23. The SMILES string of the molecule is CCCNc1nnc(CN2CCN(CC(C)(C)O)CC2)s1. The third kappa shape index (κ3) is 5.86. The maximum Gasteiger partial charge on any atom is 0.205 e. The molecular formula is C14H27N5OS. The van der Waals surface area contributed by atoms with Crippen LogP contribution < -0.4 is 5.32 Å². The van der Waals surface area contributed by atoms with Gasteiger partial charge in [0.05, 0.1) is 12.1 Å². The van der Waals surface area contributed by atoms with Gasteiger partial charge in [0.1, 0.15) is 5.01 Å². The van der Waals surface area contributed by atoms with Gasteiger partial charge >= 0.3 is 0 Å². The molecule has 1 aliphatic heterocycles. The fraction of sp³-hybridized carbons (Fsp3) is 0.857. The number of anilines is 1. The second-order valence-corrected chi connectivity index (χ2v) is 7.35. The first-order chi connectivity index (χ1) is 9.96. The molecule has 21 heavy (non-hydrogen) atoms. The molecule has 1 aliphatic rings. The Balaban J connectivity index is 1.74. The summed E-state index contributed by atoms with van der Waals surface area (Å²) in [6, 6.07) is 0. The van der Waals surface area contributed by atoms with E-state index in [1.165, 1.54) is 0 Å². The van der Waals surface area contributed by atoms with Crippen molar-refractivity contribution in [1.29, 1.82) is 0 Å². The van der Waals surface area contributed by atoms with Crippen LogP contribution >= 0.6 is 11.3 Å². The third-order valence-corrected chi connectivity index (χ3v) is 4.29. The van der Waals surface area contributed by atoms with Gasteiger partial charge in [-0.15, -0.1) is 10.2 Å². The van der Waals surface area contributed by atoms with Crippen molar-refractivity contribution in [3.05, 3.63) is 5.01 Å². The molecule has 0 saturated carbocycles. The molecule has 7 heteroatoms. The van der Waals surface area contributed by atoms with Gasteiger partial charge in [0.2, 0.25) is 5.13 Å². The lowest BCUT2D eigenvalue weighted by molar-refractivity contribution is 0.0166. The molecule has 6 nitrogen and oxygen atoms in total. The molecule has 2 N–H and O–H groups in total. The van der Waals surface area contributed by atoms with E-state index in [1.54, 1.807) is 11.3 Å². The first-order valence-corrected chi connectivity index (χ1v) is 8.51. The largest absolute Gasteiger partial charge is 0.389 e. The summed E-state index contributed by atoms with van der Waals surface area (Å²) < 4.78 is 0. The number of nitrogens with one attached hydrogen (secondary N) is 1. The van der Waals surface area contributed by atoms with E-state index in [9.17, 15) is 5.11 Å². The maximum atomic E-state index is 9.87. The Kier molecular flexibility index (Phi) is 5.92. The second-order valence-electron chi connectivity index (χ2n) is 6.29. The molecule has 1 aromatic heterocycles. The van der Waals surface area contributed by atoms with Crippen molar-refractivity contribution in [3.8, 4) is 0 Å². The Hall–Kier alpha value is -0.760. The lowest BCUT2D eigenvalue weighted by Crippen LogP contribution is -2.50. The minimum atomic E-state index is -0.610. The van der Waals surface area contributed by atoms with E-state index in [1.807, 2.05) is 13.8 Å². The molecule has 0 aromatic carbocycles. The van der Waals surface area contributed by atoms with Crippen LogP contribution in [-0.4, -0.2) is 70.0 Å². The monoisotopic (exact) mass is 313 g/mol. The van der Waals surface area contributed by atoms with Gasteiger partial charge in [-0.05, 0) is 20.3 Å². The molecule has 1 saturated heterocycles. The van der Waals surface area contributed by atoms with Gasteiger partial charge in [0, 0.05) is 39.3 Å². The molecule has 1 aromatic rings. The lowest BCUT2D eigenvalue weighted by Gasteiger charge is -2.36. The van der Waals surface area contributed by atoms with Crippen molar-refractivity contribution in [2.75, 3.05) is 44.6 Å². The predicted molar refractivity (Wildman–Crippen MR) is 86.7 cm³/mol. The van der Waals surface area contributed by atoms with Crippen molar-refractivity contribution >= 4 is 16.5 Å². The van der Waals surface area contributed by atoms with Crippen molar-refractivity contribution in [3.63, 3.8) is 0 Å². The van der Waals surface area contributed by atoms with Gasteiger partial charge in [0.25, 0.3) is 0 Å². The summed E-state index contributed by atoms with van der Waals surface area (Å²) in [5, 5.41) is 23.6. The van der Waals surface area contributed by atoms with Crippen LogP contribution in [-0.2, 0) is 6.54 Å². The second kappa shape index (κ2) is 7.49. The lowest BCUT2D eigenvalue weighted by atomic mass is 10.1. The standard InChI is InChI=1S/C14H27N5OS/c1-4-5-15-13-17-16-12(21-13)10-18-6-8-19(9-7-18)11-14(2,3)20/h20H,4-11H2,1-3H3,(H,15,17). The zero-order chi connectivity index (χ0) is 15.3. The van der Waals surface area contributed by atoms with E-state index >= 15 is 0 Å². The summed E-state index contributed by atoms with van der Waals surface area (Å²) in [5.74, 6) is 0. The van der Waals surface area contributed by atoms with Crippen molar-refractivity contribution in [2.24, 2.45) is 0 Å². The molecule has 0 radical (unpaired) electrons. The van der Waals surface area contributed by atoms with Crippen LogP contribution in [0.5, 0.6) is 0 Å². The Labute approximate surface area is 131 Å². The van der Waals surface area contributed by atoms with Crippen LogP contribution in [0.2, 0.25) is 0 Å². The molecule has 2 heterocycles. The summed E-state index contributed by atoms with van der Waals surface area (Å²) in [4.78, 5) is 4.73. The number of nitrogens with zero attached hydrogens (tertiary/aromatic N) is 4. The number of β-amino-alcohol motifs (C(OH)–C–C–N with tert-alkyl or cyclic N) is 1. The first kappa shape index (κ1) is 16.6. The summed E-state index contributed by atoms with van der Waals surface area (Å²) in [7, 11) is 0. The molecule has 0 aliphatic carbocycles. The van der Waals surface area contributed by atoms with Gasteiger partial charge in [-0.2, -0.15) is 0 Å². The average Bonchev–Trinajstić information content (AvgIpc) is 2.85. The summed E-state index contributed by atoms with van der Waals surface area (Å²) >= 11 is 1.65. The van der Waals surface area contributed by atoms with Gasteiger partial charge in [-0.1, -0.05) is 18.3 Å². The van der Waals surface area contributed by atoms with E-state index in [0.29, 0.717) is 0 Å². The molecule has 0 bridgehead atoms. The molecule has 0 spiro atoms. The normalized spacial score (nSPS) is 18.1. The Bertz CT molecular complexity index is 423. The third-order valence-electron chi connectivity index (χ3n) is 3.43. The molecule has 120 valence electrons. The quantitative estimate of drug-likeness (QED) is 0.790. The minimum absolute atomic E-state index is 0.610. The van der Waals surface area contributed by atoms with E-state index in [2.05, 4.69) is 32.2 Å². The van der Waals surface area contributed by atoms with Crippen molar-refractivity contribution in [1.82, 2.24) is 20.0 Å². The van der Waals surface area contributed by atoms with E-state index in [4.69, 9.17) is 0 Å². The summed E-state index contributed by atoms with van der Waals surface area (Å²) in [6.45, 7) is 12.5. The number of aromatic nitrogens is 2. The average molecular weight is 313 g/mol. The van der Waals surface area contributed by atoms with Crippen molar-refractivity contribution in [2.45, 2.75) is 39.3 Å². The van der Waals surface area contributed by atoms with E-state index < -0.39 is 5.60 Å². The summed E-state index contributed by atoms with van der Waals surface area (Å²) in [5.41, 5.74) is -0.610. The number of aliphatic hydroxyl groups is 1. The Morgan fingerprint density at radius 3 is 2.48 bits per heavy atom. The smallest absolute Gasteiger partial charge is 0.205 e. The van der Waals surface area contributed by atoms with Crippen LogP contribution in [0.4, 0.5) is 5.13 Å². The topological polar surface area (TPSA) is 64.5 Å². The number of hydrogen-bond donors (Lipinski definition) is 2. The fourth-order valence-electron chi connectivity index (χ4n) is 2.46. The van der Waals surface area contributed by atoms with Gasteiger partial charge < -0.3 is 10.4 Å². The predicted octanol–water partition coefficient (Wildman–Crippen LogP) is 1.25. The van der Waals surface area contributed by atoms with Gasteiger partial charge in [-0.3, -0.25) is 9.80 Å². The molecule has 2 rings (SSSR count). The molecule has 0 unspecified atom stereocenters. The molecule has 0 amide bonds. The van der Waals surface area contributed by atoms with Gasteiger partial charge in [0.15, 0.2) is 0 Å². The first-order valence-electron chi connectivity index (χ1n) is 7.69. The van der Waals surface area contributed by atoms with Gasteiger partial charge in [-0.25, -0.2) is 0 Å². The van der Waals surface area contributed by atoms with Crippen LogP contribution in [0.25, 0.3) is 0 Å². The van der Waals surface area contributed by atoms with Crippen LogP contribution in [0.15, 0.2) is 0 Å². The highest BCUT2D eigenvalue weighted by Crippen LogP contribution is 2.18. The molecule has 1 fully saturated rings. The molecular weight excluding hydrogens is 286 g/mol. The number of piperazine rings is 1. The highest BCUT2D eigenvalue weighted by molar-refractivity contribution is 7.15. The number of rotatable bonds is 7. The minimum Gasteiger partial charge on any atom is -0.389 e. The zero-order valence-electron chi connectivity index (χ0n) is 13.3. The maximum absolute atomic E-state index is 9.87. The Morgan fingerprint density at radius 2 is 1.86 bits per heavy atom. The summed E-state index contributed by atoms with van der Waals surface area (Å²) in [6.07, 6.45) is 1.10. The molecule has 0 atom stereocenters. The van der Waals surface area contributed by atoms with Crippen LogP contribution in [0, 0.1) is 0 Å². The van der Waals surface area contributed by atoms with Crippen LogP contribution in [0.1, 0.15) is 32.2 Å².